The zero-order chi connectivity index (χ0) is 19.8. The van der Waals surface area contributed by atoms with Crippen LogP contribution in [0.2, 0.25) is 0 Å². The zero-order valence-corrected chi connectivity index (χ0v) is 16.5. The molecule has 0 bridgehead atoms. The first-order valence-corrected chi connectivity index (χ1v) is 10.4. The van der Waals surface area contributed by atoms with Gasteiger partial charge < -0.3 is 19.3 Å². The lowest BCUT2D eigenvalue weighted by Crippen LogP contribution is -2.49. The fourth-order valence-electron chi connectivity index (χ4n) is 3.22. The largest absolute Gasteiger partial charge is 0.760 e. The molecule has 2 aromatic rings. The molecule has 0 spiro atoms. The summed E-state index contributed by atoms with van der Waals surface area (Å²) in [6, 6.07) is 17.4. The van der Waals surface area contributed by atoms with Crippen LogP contribution in [0.25, 0.3) is 0 Å². The molecule has 3 rings (SSSR count). The van der Waals surface area contributed by atoms with E-state index in [1.807, 2.05) is 54.6 Å². The van der Waals surface area contributed by atoms with Crippen LogP contribution in [0.5, 0.6) is 5.75 Å². The molecule has 7 nitrogen and oxygen atoms in total. The first kappa shape index (κ1) is 20.8. The van der Waals surface area contributed by atoms with Crippen LogP contribution < -0.4 is 14.4 Å². The average Bonchev–Trinajstić information content (AvgIpc) is 2.72. The molecule has 2 aromatic carbocycles. The summed E-state index contributed by atoms with van der Waals surface area (Å²) in [5.41, 5.74) is 2.05. The maximum absolute atomic E-state index is 10.6. The van der Waals surface area contributed by atoms with Crippen molar-refractivity contribution in [2.24, 2.45) is 0 Å². The van der Waals surface area contributed by atoms with Gasteiger partial charge in [0.05, 0.1) is 0 Å². The molecule has 2 atom stereocenters. The predicted octanol–water partition coefficient (Wildman–Crippen LogP) is 1.13. The average molecular weight is 405 g/mol. The molecular weight excluding hydrogens is 378 g/mol. The molecule has 1 fully saturated rings. The van der Waals surface area contributed by atoms with Gasteiger partial charge in [0.25, 0.3) is 0 Å². The highest BCUT2D eigenvalue weighted by atomic mass is 32.2. The fourth-order valence-corrected chi connectivity index (χ4v) is 3.50. The third-order valence-electron chi connectivity index (χ3n) is 4.72. The van der Waals surface area contributed by atoms with Crippen molar-refractivity contribution in [3.63, 3.8) is 0 Å². The van der Waals surface area contributed by atoms with Gasteiger partial charge in [-0.25, -0.2) is 4.72 Å². The number of β-amino-alcohol motifs (C(OH)–C–C–N with tert-alkyl or cyclic N) is 1. The molecule has 0 saturated carbocycles. The Hall–Kier alpha value is -1.97. The number of nitrogens with one attached hydrogen (secondary N) is 1. The van der Waals surface area contributed by atoms with Crippen LogP contribution in [0.1, 0.15) is 5.56 Å². The number of nitrogens with zero attached hydrogens (tertiary/aromatic N) is 2. The Morgan fingerprint density at radius 3 is 2.39 bits per heavy atom. The molecule has 1 heterocycles. The third-order valence-corrected chi connectivity index (χ3v) is 5.10. The van der Waals surface area contributed by atoms with Crippen molar-refractivity contribution in [2.75, 3.05) is 44.2 Å². The predicted molar refractivity (Wildman–Crippen MR) is 109 cm³/mol. The van der Waals surface area contributed by atoms with Crippen LogP contribution in [-0.2, 0) is 17.8 Å². The lowest BCUT2D eigenvalue weighted by Gasteiger charge is -2.37. The molecule has 1 aliphatic rings. The molecule has 152 valence electrons. The smallest absolute Gasteiger partial charge is 0.119 e. The number of aliphatic hydroxyl groups is 1. The highest BCUT2D eigenvalue weighted by Crippen LogP contribution is 2.18. The number of piperazine rings is 1. The number of hydrogen-bond acceptors (Lipinski definition) is 6. The van der Waals surface area contributed by atoms with Gasteiger partial charge in [-0.2, -0.15) is 0 Å². The molecule has 0 radical (unpaired) electrons. The van der Waals surface area contributed by atoms with Gasteiger partial charge in [0.1, 0.15) is 18.5 Å². The lowest BCUT2D eigenvalue weighted by atomic mass is 10.2. The molecule has 0 aromatic heterocycles. The van der Waals surface area contributed by atoms with E-state index in [2.05, 4.69) is 14.5 Å². The van der Waals surface area contributed by atoms with Crippen LogP contribution in [0.15, 0.2) is 54.6 Å². The molecule has 2 unspecified atom stereocenters. The Morgan fingerprint density at radius 2 is 1.75 bits per heavy atom. The van der Waals surface area contributed by atoms with E-state index < -0.39 is 17.4 Å². The monoisotopic (exact) mass is 404 g/mol. The summed E-state index contributed by atoms with van der Waals surface area (Å²) in [6.45, 7) is 4.70. The van der Waals surface area contributed by atoms with Gasteiger partial charge in [0.15, 0.2) is 0 Å². The Labute approximate surface area is 168 Å². The van der Waals surface area contributed by atoms with Crippen molar-refractivity contribution in [2.45, 2.75) is 12.6 Å². The Bertz CT molecular complexity index is 737. The van der Waals surface area contributed by atoms with Crippen molar-refractivity contribution >= 4 is 17.0 Å². The highest BCUT2D eigenvalue weighted by molar-refractivity contribution is 7.77. The second kappa shape index (κ2) is 10.5. The number of hydrogen-bond donors (Lipinski definition) is 2. The molecular formula is C20H26N3O4S-. The van der Waals surface area contributed by atoms with Crippen molar-refractivity contribution in [3.8, 4) is 5.75 Å². The summed E-state index contributed by atoms with van der Waals surface area (Å²) in [5.74, 6) is 0.770. The number of ether oxygens (including phenoxy) is 1. The number of benzene rings is 2. The summed E-state index contributed by atoms with van der Waals surface area (Å²) >= 11 is -2.24. The van der Waals surface area contributed by atoms with E-state index in [0.29, 0.717) is 13.1 Å². The summed E-state index contributed by atoms with van der Waals surface area (Å²) in [7, 11) is 0. The SMILES string of the molecule is O=S([O-])NCc1ccc(N2CCN(CC(O)COc3ccccc3)CC2)cc1. The van der Waals surface area contributed by atoms with Crippen LogP contribution in [-0.4, -0.2) is 64.2 Å². The maximum atomic E-state index is 10.6. The summed E-state index contributed by atoms with van der Waals surface area (Å²) in [6.07, 6.45) is -0.523. The van der Waals surface area contributed by atoms with Crippen molar-refractivity contribution in [1.29, 1.82) is 0 Å². The van der Waals surface area contributed by atoms with E-state index in [9.17, 15) is 13.9 Å². The topological polar surface area (TPSA) is 88.1 Å². The third kappa shape index (κ3) is 6.57. The van der Waals surface area contributed by atoms with Crippen molar-refractivity contribution < 1.29 is 18.6 Å². The van der Waals surface area contributed by atoms with Gasteiger partial charge in [-0.1, -0.05) is 30.3 Å². The van der Waals surface area contributed by atoms with E-state index in [1.165, 1.54) is 0 Å². The van der Waals surface area contributed by atoms with Crippen LogP contribution in [0.3, 0.4) is 0 Å². The lowest BCUT2D eigenvalue weighted by molar-refractivity contribution is 0.0663. The van der Waals surface area contributed by atoms with Crippen molar-refractivity contribution in [3.05, 3.63) is 60.2 Å². The van der Waals surface area contributed by atoms with Gasteiger partial charge in [-0.15, -0.1) is 0 Å². The Morgan fingerprint density at radius 1 is 1.07 bits per heavy atom. The van der Waals surface area contributed by atoms with Crippen LogP contribution in [0, 0.1) is 0 Å². The zero-order valence-electron chi connectivity index (χ0n) is 15.7. The standard InChI is InChI=1S/C20H27N3O4S/c24-19(16-27-20-4-2-1-3-5-20)15-22-10-12-23(13-11-22)18-8-6-17(7-9-18)14-21-28(25)26/h1-9,19,21,24H,10-16H2,(H,25,26)/p-1. The minimum atomic E-state index is -2.24. The molecule has 2 N–H and O–H groups in total. The van der Waals surface area contributed by atoms with Crippen LogP contribution in [0.4, 0.5) is 5.69 Å². The fraction of sp³-hybridized carbons (Fsp3) is 0.400. The van der Waals surface area contributed by atoms with E-state index in [1.54, 1.807) is 0 Å². The first-order valence-electron chi connectivity index (χ1n) is 9.35. The summed E-state index contributed by atoms with van der Waals surface area (Å²) in [4.78, 5) is 4.55. The van der Waals surface area contributed by atoms with E-state index >= 15 is 0 Å². The summed E-state index contributed by atoms with van der Waals surface area (Å²) in [5, 5.41) is 10.2. The Balaban J connectivity index is 1.39. The van der Waals surface area contributed by atoms with Crippen molar-refractivity contribution in [1.82, 2.24) is 9.62 Å². The van der Waals surface area contributed by atoms with Gasteiger partial charge in [-0.3, -0.25) is 9.11 Å². The second-order valence-electron chi connectivity index (χ2n) is 6.79. The van der Waals surface area contributed by atoms with Crippen LogP contribution >= 0.6 is 0 Å². The van der Waals surface area contributed by atoms with E-state index in [0.717, 1.165) is 43.2 Å². The molecule has 28 heavy (non-hydrogen) atoms. The number of para-hydroxylation sites is 1. The Kier molecular flexibility index (Phi) is 7.81. The minimum absolute atomic E-state index is 0.286. The molecule has 8 heteroatoms. The number of aliphatic hydroxyl groups excluding tert-OH is 1. The number of anilines is 1. The second-order valence-corrected chi connectivity index (χ2v) is 7.55. The summed E-state index contributed by atoms with van der Waals surface area (Å²) < 4.78 is 29.1. The quantitative estimate of drug-likeness (QED) is 0.610. The number of rotatable bonds is 9. The van der Waals surface area contributed by atoms with Gasteiger partial charge in [-0.05, 0) is 29.8 Å². The molecule has 0 aliphatic carbocycles. The molecule has 1 aliphatic heterocycles. The first-order chi connectivity index (χ1) is 13.6. The normalized spacial score (nSPS) is 17.3. The van der Waals surface area contributed by atoms with Gasteiger partial charge in [0, 0.05) is 56.2 Å². The van der Waals surface area contributed by atoms with Gasteiger partial charge >= 0.3 is 0 Å². The molecule has 0 amide bonds. The highest BCUT2D eigenvalue weighted by Gasteiger charge is 2.19. The maximum Gasteiger partial charge on any atom is 0.119 e. The van der Waals surface area contributed by atoms with E-state index in [4.69, 9.17) is 4.74 Å². The van der Waals surface area contributed by atoms with E-state index in [-0.39, 0.29) is 6.61 Å². The minimum Gasteiger partial charge on any atom is -0.760 e. The van der Waals surface area contributed by atoms with Gasteiger partial charge in [0.2, 0.25) is 0 Å². The molecule has 1 saturated heterocycles.